The fourth-order valence-electron chi connectivity index (χ4n) is 2.08. The third-order valence-electron chi connectivity index (χ3n) is 3.08. The van der Waals surface area contributed by atoms with E-state index in [0.717, 1.165) is 28.9 Å². The summed E-state index contributed by atoms with van der Waals surface area (Å²) in [6.07, 6.45) is 2.55. The van der Waals surface area contributed by atoms with Gasteiger partial charge >= 0.3 is 0 Å². The molecule has 20 heavy (non-hydrogen) atoms. The van der Waals surface area contributed by atoms with Crippen LogP contribution in [0.5, 0.6) is 5.75 Å². The quantitative estimate of drug-likeness (QED) is 0.601. The van der Waals surface area contributed by atoms with Crippen molar-refractivity contribution < 1.29 is 4.74 Å². The number of nitrogens with one attached hydrogen (secondary N) is 1. The van der Waals surface area contributed by atoms with E-state index in [2.05, 4.69) is 33.4 Å². The van der Waals surface area contributed by atoms with Crippen LogP contribution < -0.4 is 16.0 Å². The lowest BCUT2D eigenvalue weighted by molar-refractivity contribution is 0.282. The average molecular weight is 339 g/mol. The molecule has 0 fully saturated rings. The molecule has 0 aliphatic carbocycles. The van der Waals surface area contributed by atoms with Gasteiger partial charge in [0.15, 0.2) is 0 Å². The molecule has 3 N–H and O–H groups in total. The number of aromatic nitrogens is 2. The molecule has 0 aliphatic rings. The van der Waals surface area contributed by atoms with Gasteiger partial charge in [-0.3, -0.25) is 16.0 Å². The SMILES string of the molecule is CCn1ncc(Br)c1C(CCOc1ccccc1)NN. The highest BCUT2D eigenvalue weighted by molar-refractivity contribution is 9.10. The Morgan fingerprint density at radius 1 is 1.40 bits per heavy atom. The first kappa shape index (κ1) is 15.0. The first-order valence-corrected chi connectivity index (χ1v) is 7.40. The molecule has 1 aromatic heterocycles. The van der Waals surface area contributed by atoms with E-state index < -0.39 is 0 Å². The lowest BCUT2D eigenvalue weighted by Crippen LogP contribution is -2.31. The Kier molecular flexibility index (Phi) is 5.58. The monoisotopic (exact) mass is 338 g/mol. The Bertz CT molecular complexity index is 529. The molecule has 1 aromatic carbocycles. The van der Waals surface area contributed by atoms with Crippen LogP contribution in [0, 0.1) is 0 Å². The van der Waals surface area contributed by atoms with Crippen LogP contribution in [0.4, 0.5) is 0 Å². The molecule has 0 spiro atoms. The number of rotatable bonds is 7. The summed E-state index contributed by atoms with van der Waals surface area (Å²) in [5, 5.41) is 4.30. The third-order valence-corrected chi connectivity index (χ3v) is 3.69. The van der Waals surface area contributed by atoms with E-state index in [0.29, 0.717) is 6.61 Å². The molecule has 5 nitrogen and oxygen atoms in total. The lowest BCUT2D eigenvalue weighted by atomic mass is 10.1. The number of ether oxygens (including phenoxy) is 1. The fraction of sp³-hybridized carbons (Fsp3) is 0.357. The van der Waals surface area contributed by atoms with Gasteiger partial charge in [-0.2, -0.15) is 5.10 Å². The Labute approximate surface area is 127 Å². The number of aryl methyl sites for hydroxylation is 1. The molecule has 1 heterocycles. The number of nitrogens with two attached hydrogens (primary N) is 1. The molecule has 2 rings (SSSR count). The second-order valence-electron chi connectivity index (χ2n) is 4.36. The molecular weight excluding hydrogens is 320 g/mol. The zero-order valence-electron chi connectivity index (χ0n) is 11.4. The molecule has 108 valence electrons. The minimum atomic E-state index is -0.00413. The molecule has 0 saturated heterocycles. The summed E-state index contributed by atoms with van der Waals surface area (Å²) < 4.78 is 8.60. The maximum atomic E-state index is 5.71. The van der Waals surface area contributed by atoms with Crippen molar-refractivity contribution in [1.82, 2.24) is 15.2 Å². The van der Waals surface area contributed by atoms with Crippen molar-refractivity contribution in [2.24, 2.45) is 5.84 Å². The van der Waals surface area contributed by atoms with Crippen molar-refractivity contribution >= 4 is 15.9 Å². The average Bonchev–Trinajstić information content (AvgIpc) is 2.86. The van der Waals surface area contributed by atoms with E-state index in [1.807, 2.05) is 35.0 Å². The van der Waals surface area contributed by atoms with Gasteiger partial charge in [0.2, 0.25) is 0 Å². The maximum Gasteiger partial charge on any atom is 0.119 e. The van der Waals surface area contributed by atoms with Gasteiger partial charge in [0, 0.05) is 13.0 Å². The summed E-state index contributed by atoms with van der Waals surface area (Å²) in [6, 6.07) is 9.76. The lowest BCUT2D eigenvalue weighted by Gasteiger charge is -2.18. The van der Waals surface area contributed by atoms with E-state index in [1.165, 1.54) is 0 Å². The fourth-order valence-corrected chi connectivity index (χ4v) is 2.65. The third kappa shape index (κ3) is 3.59. The predicted octanol–water partition coefficient (Wildman–Crippen LogP) is 2.64. The number of benzene rings is 1. The maximum absolute atomic E-state index is 5.71. The summed E-state index contributed by atoms with van der Waals surface area (Å²) in [5.41, 5.74) is 3.88. The molecule has 0 bridgehead atoms. The van der Waals surface area contributed by atoms with E-state index in [9.17, 15) is 0 Å². The van der Waals surface area contributed by atoms with Crippen molar-refractivity contribution in [3.05, 3.63) is 46.7 Å². The molecule has 1 atom stereocenters. The molecule has 6 heteroatoms. The Morgan fingerprint density at radius 3 is 2.80 bits per heavy atom. The predicted molar refractivity (Wildman–Crippen MR) is 82.2 cm³/mol. The summed E-state index contributed by atoms with van der Waals surface area (Å²) in [5.74, 6) is 6.54. The van der Waals surface area contributed by atoms with Crippen molar-refractivity contribution in [3.63, 3.8) is 0 Å². The molecule has 0 aliphatic heterocycles. The van der Waals surface area contributed by atoms with E-state index in [1.54, 1.807) is 6.20 Å². The second-order valence-corrected chi connectivity index (χ2v) is 5.22. The minimum absolute atomic E-state index is 0.00413. The van der Waals surface area contributed by atoms with Crippen molar-refractivity contribution in [1.29, 1.82) is 0 Å². The highest BCUT2D eigenvalue weighted by Gasteiger charge is 2.18. The number of nitrogens with zero attached hydrogens (tertiary/aromatic N) is 2. The number of hydrogen-bond acceptors (Lipinski definition) is 4. The van der Waals surface area contributed by atoms with Gasteiger partial charge in [0.1, 0.15) is 5.75 Å². The highest BCUT2D eigenvalue weighted by atomic mass is 79.9. The second kappa shape index (κ2) is 7.42. The summed E-state index contributed by atoms with van der Waals surface area (Å²) >= 11 is 3.52. The standard InChI is InChI=1S/C14H19BrN4O/c1-2-19-14(12(15)10-17-19)13(18-16)8-9-20-11-6-4-3-5-7-11/h3-7,10,13,18H,2,8-9,16H2,1H3. The minimum Gasteiger partial charge on any atom is -0.494 e. The van der Waals surface area contributed by atoms with Gasteiger partial charge in [-0.05, 0) is 35.0 Å². The Hall–Kier alpha value is -1.37. The van der Waals surface area contributed by atoms with Crippen LogP contribution in [0.15, 0.2) is 41.0 Å². The molecule has 0 amide bonds. The number of hydrogen-bond donors (Lipinski definition) is 2. The van der Waals surface area contributed by atoms with E-state index >= 15 is 0 Å². The van der Waals surface area contributed by atoms with Gasteiger partial charge < -0.3 is 4.74 Å². The number of para-hydroxylation sites is 1. The van der Waals surface area contributed by atoms with Crippen LogP contribution in [0.1, 0.15) is 25.1 Å². The molecule has 0 radical (unpaired) electrons. The molecule has 0 saturated carbocycles. The number of hydrazine groups is 1. The number of halogens is 1. The first-order valence-electron chi connectivity index (χ1n) is 6.61. The van der Waals surface area contributed by atoms with Crippen LogP contribution in [0.25, 0.3) is 0 Å². The van der Waals surface area contributed by atoms with Crippen LogP contribution in [-0.2, 0) is 6.54 Å². The zero-order valence-corrected chi connectivity index (χ0v) is 13.0. The summed E-state index contributed by atoms with van der Waals surface area (Å²) in [4.78, 5) is 0. The van der Waals surface area contributed by atoms with Crippen molar-refractivity contribution in [2.45, 2.75) is 25.9 Å². The summed E-state index contributed by atoms with van der Waals surface area (Å²) in [7, 11) is 0. The normalized spacial score (nSPS) is 12.3. The van der Waals surface area contributed by atoms with Crippen LogP contribution in [0.2, 0.25) is 0 Å². The molecule has 2 aromatic rings. The topological polar surface area (TPSA) is 65.1 Å². The van der Waals surface area contributed by atoms with Crippen molar-refractivity contribution in [2.75, 3.05) is 6.61 Å². The smallest absolute Gasteiger partial charge is 0.119 e. The van der Waals surface area contributed by atoms with Gasteiger partial charge in [0.05, 0.1) is 29.0 Å². The summed E-state index contributed by atoms with van der Waals surface area (Å²) in [6.45, 7) is 3.44. The van der Waals surface area contributed by atoms with Crippen LogP contribution >= 0.6 is 15.9 Å². The highest BCUT2D eigenvalue weighted by Crippen LogP contribution is 2.25. The van der Waals surface area contributed by atoms with Gasteiger partial charge in [-0.25, -0.2) is 0 Å². The van der Waals surface area contributed by atoms with Gasteiger partial charge in [-0.1, -0.05) is 18.2 Å². The molecular formula is C14H19BrN4O. The van der Waals surface area contributed by atoms with Crippen LogP contribution in [0.3, 0.4) is 0 Å². The van der Waals surface area contributed by atoms with E-state index in [4.69, 9.17) is 10.6 Å². The molecule has 1 unspecified atom stereocenters. The van der Waals surface area contributed by atoms with E-state index in [-0.39, 0.29) is 6.04 Å². The van der Waals surface area contributed by atoms with Gasteiger partial charge in [-0.15, -0.1) is 0 Å². The van der Waals surface area contributed by atoms with Crippen LogP contribution in [-0.4, -0.2) is 16.4 Å². The van der Waals surface area contributed by atoms with Gasteiger partial charge in [0.25, 0.3) is 0 Å². The Morgan fingerprint density at radius 2 is 2.15 bits per heavy atom. The Balaban J connectivity index is 1.97. The zero-order chi connectivity index (χ0) is 14.4. The largest absolute Gasteiger partial charge is 0.494 e. The van der Waals surface area contributed by atoms with Crippen molar-refractivity contribution in [3.8, 4) is 5.75 Å². The first-order chi connectivity index (χ1) is 9.76.